The number of nitrogens with two attached hydrogens (primary N) is 1. The molecule has 3 rings (SSSR count). The van der Waals surface area contributed by atoms with Crippen molar-refractivity contribution in [2.45, 2.75) is 31.8 Å². The van der Waals surface area contributed by atoms with Crippen LogP contribution in [0.4, 0.5) is 5.69 Å². The third-order valence-electron chi connectivity index (χ3n) is 4.44. The summed E-state index contributed by atoms with van der Waals surface area (Å²) < 4.78 is 0.903. The van der Waals surface area contributed by atoms with E-state index in [1.807, 2.05) is 17.0 Å². The molecule has 1 aromatic carbocycles. The lowest BCUT2D eigenvalue weighted by molar-refractivity contribution is 0.0396. The first-order chi connectivity index (χ1) is 9.56. The molecule has 0 aromatic heterocycles. The molecule has 2 fully saturated rings. The summed E-state index contributed by atoms with van der Waals surface area (Å²) in [5, 5.41) is 0. The maximum atomic E-state index is 12.7. The fraction of sp³-hybridized carbons (Fsp3) is 0.533. The quantitative estimate of drug-likeness (QED) is 0.800. The predicted molar refractivity (Wildman–Crippen MR) is 83.6 cm³/mol. The van der Waals surface area contributed by atoms with Crippen LogP contribution in [0.3, 0.4) is 0 Å². The molecule has 2 heterocycles. The Morgan fingerprint density at radius 3 is 2.95 bits per heavy atom. The Morgan fingerprint density at radius 1 is 1.40 bits per heavy atom. The number of piperazine rings is 1. The number of carbonyl (C=O) groups is 1. The van der Waals surface area contributed by atoms with Gasteiger partial charge in [0, 0.05) is 35.3 Å². The van der Waals surface area contributed by atoms with Gasteiger partial charge in [-0.25, -0.2) is 0 Å². The minimum Gasteiger partial charge on any atom is -0.398 e. The van der Waals surface area contributed by atoms with Crippen LogP contribution in [0.1, 0.15) is 30.1 Å². The number of carbonyl (C=O) groups excluding carboxylic acids is 1. The van der Waals surface area contributed by atoms with E-state index < -0.39 is 0 Å². The standard InChI is InChI=1S/C15H20BrN3O/c1-10-8-18-6-2-3-12(18)9-19(10)15(20)13-5-4-11(16)7-14(13)17/h4-5,7,10,12H,2-3,6,8-9,17H2,1H3. The van der Waals surface area contributed by atoms with E-state index in [0.717, 1.165) is 17.6 Å². The fourth-order valence-electron chi connectivity index (χ4n) is 3.35. The topological polar surface area (TPSA) is 49.6 Å². The molecule has 1 aromatic rings. The highest BCUT2D eigenvalue weighted by molar-refractivity contribution is 9.10. The molecule has 0 bridgehead atoms. The van der Waals surface area contributed by atoms with Crippen molar-refractivity contribution in [3.63, 3.8) is 0 Å². The first-order valence-electron chi connectivity index (χ1n) is 7.16. The highest BCUT2D eigenvalue weighted by Crippen LogP contribution is 2.27. The monoisotopic (exact) mass is 337 g/mol. The van der Waals surface area contributed by atoms with Crippen molar-refractivity contribution in [2.75, 3.05) is 25.4 Å². The number of halogens is 1. The van der Waals surface area contributed by atoms with Crippen molar-refractivity contribution in [1.29, 1.82) is 0 Å². The normalized spacial score (nSPS) is 26.6. The Kier molecular flexibility index (Phi) is 3.73. The largest absolute Gasteiger partial charge is 0.398 e. The lowest BCUT2D eigenvalue weighted by atomic mass is 10.1. The van der Waals surface area contributed by atoms with Gasteiger partial charge in [0.15, 0.2) is 0 Å². The lowest BCUT2D eigenvalue weighted by Crippen LogP contribution is -2.56. The van der Waals surface area contributed by atoms with E-state index in [9.17, 15) is 4.79 Å². The summed E-state index contributed by atoms with van der Waals surface area (Å²) in [5.74, 6) is 0.0639. The summed E-state index contributed by atoms with van der Waals surface area (Å²) in [6.45, 7) is 5.11. The molecule has 2 saturated heterocycles. The lowest BCUT2D eigenvalue weighted by Gasteiger charge is -2.42. The van der Waals surface area contributed by atoms with Crippen molar-refractivity contribution >= 4 is 27.5 Å². The van der Waals surface area contributed by atoms with E-state index >= 15 is 0 Å². The summed E-state index contributed by atoms with van der Waals surface area (Å²) >= 11 is 3.38. The first-order valence-corrected chi connectivity index (χ1v) is 7.95. The van der Waals surface area contributed by atoms with Gasteiger partial charge in [0.25, 0.3) is 5.91 Å². The number of rotatable bonds is 1. The van der Waals surface area contributed by atoms with Gasteiger partial charge < -0.3 is 10.6 Å². The molecule has 2 unspecified atom stereocenters. The molecule has 0 spiro atoms. The van der Waals surface area contributed by atoms with Crippen LogP contribution in [0.2, 0.25) is 0 Å². The second-order valence-electron chi connectivity index (χ2n) is 5.83. The SMILES string of the molecule is CC1CN2CCCC2CN1C(=O)c1ccc(Br)cc1N. The summed E-state index contributed by atoms with van der Waals surface area (Å²) in [6, 6.07) is 6.27. The van der Waals surface area contributed by atoms with Crippen LogP contribution in [0, 0.1) is 0 Å². The minimum absolute atomic E-state index is 0.0639. The van der Waals surface area contributed by atoms with Crippen LogP contribution >= 0.6 is 15.9 Å². The van der Waals surface area contributed by atoms with Gasteiger partial charge in [-0.1, -0.05) is 15.9 Å². The number of nitrogen functional groups attached to an aromatic ring is 1. The molecule has 2 aliphatic heterocycles. The van der Waals surface area contributed by atoms with Gasteiger partial charge >= 0.3 is 0 Å². The Morgan fingerprint density at radius 2 is 2.20 bits per heavy atom. The van der Waals surface area contributed by atoms with E-state index in [1.165, 1.54) is 19.4 Å². The van der Waals surface area contributed by atoms with E-state index in [4.69, 9.17) is 5.73 Å². The van der Waals surface area contributed by atoms with Crippen LogP contribution in [0.25, 0.3) is 0 Å². The van der Waals surface area contributed by atoms with E-state index in [1.54, 1.807) is 6.07 Å². The first kappa shape index (κ1) is 13.9. The van der Waals surface area contributed by atoms with Gasteiger partial charge in [-0.2, -0.15) is 0 Å². The molecular weight excluding hydrogens is 318 g/mol. The second-order valence-corrected chi connectivity index (χ2v) is 6.74. The average molecular weight is 338 g/mol. The van der Waals surface area contributed by atoms with Crippen molar-refractivity contribution in [2.24, 2.45) is 0 Å². The van der Waals surface area contributed by atoms with Gasteiger partial charge in [-0.15, -0.1) is 0 Å². The number of anilines is 1. The molecule has 2 N–H and O–H groups in total. The zero-order valence-electron chi connectivity index (χ0n) is 11.7. The summed E-state index contributed by atoms with van der Waals surface area (Å²) in [4.78, 5) is 17.2. The molecule has 4 nitrogen and oxygen atoms in total. The summed E-state index contributed by atoms with van der Waals surface area (Å²) in [6.07, 6.45) is 2.45. The van der Waals surface area contributed by atoms with Gasteiger partial charge in [0.2, 0.25) is 0 Å². The van der Waals surface area contributed by atoms with E-state index in [2.05, 4.69) is 27.8 Å². The highest BCUT2D eigenvalue weighted by atomic mass is 79.9. The number of hydrogen-bond donors (Lipinski definition) is 1. The van der Waals surface area contributed by atoms with Gasteiger partial charge in [-0.05, 0) is 44.5 Å². The van der Waals surface area contributed by atoms with Crippen molar-refractivity contribution in [1.82, 2.24) is 9.80 Å². The fourth-order valence-corrected chi connectivity index (χ4v) is 3.73. The van der Waals surface area contributed by atoms with Crippen molar-refractivity contribution in [3.8, 4) is 0 Å². The molecule has 108 valence electrons. The molecule has 0 radical (unpaired) electrons. The molecule has 5 heteroatoms. The van der Waals surface area contributed by atoms with E-state index in [0.29, 0.717) is 17.3 Å². The molecule has 2 atom stereocenters. The molecule has 20 heavy (non-hydrogen) atoms. The van der Waals surface area contributed by atoms with Crippen LogP contribution in [0.15, 0.2) is 22.7 Å². The molecule has 2 aliphatic rings. The Balaban J connectivity index is 1.82. The smallest absolute Gasteiger partial charge is 0.256 e. The number of fused-ring (bicyclic) bond motifs is 1. The zero-order valence-corrected chi connectivity index (χ0v) is 13.3. The van der Waals surface area contributed by atoms with Crippen LogP contribution in [-0.2, 0) is 0 Å². The van der Waals surface area contributed by atoms with Crippen molar-refractivity contribution in [3.05, 3.63) is 28.2 Å². The highest BCUT2D eigenvalue weighted by Gasteiger charge is 2.37. The van der Waals surface area contributed by atoms with Crippen molar-refractivity contribution < 1.29 is 4.79 Å². The maximum Gasteiger partial charge on any atom is 0.256 e. The van der Waals surface area contributed by atoms with Crippen LogP contribution < -0.4 is 5.73 Å². The van der Waals surface area contributed by atoms with Gasteiger partial charge in [-0.3, -0.25) is 9.69 Å². The Labute approximate surface area is 128 Å². The molecular formula is C15H20BrN3O. The van der Waals surface area contributed by atoms with Crippen LogP contribution in [-0.4, -0.2) is 47.4 Å². The third kappa shape index (κ3) is 2.44. The van der Waals surface area contributed by atoms with Gasteiger partial charge in [0.1, 0.15) is 0 Å². The molecule has 0 saturated carbocycles. The Hall–Kier alpha value is -1.07. The van der Waals surface area contributed by atoms with Crippen LogP contribution in [0.5, 0.6) is 0 Å². The summed E-state index contributed by atoms with van der Waals surface area (Å²) in [7, 11) is 0. The minimum atomic E-state index is 0.0639. The zero-order chi connectivity index (χ0) is 14.3. The Bertz CT molecular complexity index is 534. The third-order valence-corrected chi connectivity index (χ3v) is 4.94. The number of nitrogens with zero attached hydrogens (tertiary/aromatic N) is 2. The number of hydrogen-bond acceptors (Lipinski definition) is 3. The maximum absolute atomic E-state index is 12.7. The summed E-state index contributed by atoms with van der Waals surface area (Å²) in [5.41, 5.74) is 7.16. The van der Waals surface area contributed by atoms with Gasteiger partial charge in [0.05, 0.1) is 5.56 Å². The number of amides is 1. The number of benzene rings is 1. The molecule has 1 amide bonds. The van der Waals surface area contributed by atoms with E-state index in [-0.39, 0.29) is 11.9 Å². The predicted octanol–water partition coefficient (Wildman–Crippen LogP) is 2.34. The average Bonchev–Trinajstić information content (AvgIpc) is 2.84. The molecule has 0 aliphatic carbocycles. The second kappa shape index (κ2) is 5.37.